The number of aromatic amines is 1. The highest BCUT2D eigenvalue weighted by Crippen LogP contribution is 2.28. The summed E-state index contributed by atoms with van der Waals surface area (Å²) in [4.78, 5) is 23.3. The Bertz CT molecular complexity index is 849. The summed E-state index contributed by atoms with van der Waals surface area (Å²) in [6.07, 6.45) is 3.67. The molecule has 4 rings (SSSR count). The third-order valence-electron chi connectivity index (χ3n) is 4.62. The predicted molar refractivity (Wildman–Crippen MR) is 92.3 cm³/mol. The fourth-order valence-corrected chi connectivity index (χ4v) is 3.32. The molecule has 3 aromatic heterocycles. The summed E-state index contributed by atoms with van der Waals surface area (Å²) in [5, 5.41) is 0. The summed E-state index contributed by atoms with van der Waals surface area (Å²) < 4.78 is 0. The monoisotopic (exact) mass is 323 g/mol. The van der Waals surface area contributed by atoms with Crippen LogP contribution in [0.3, 0.4) is 0 Å². The number of nitrogens with one attached hydrogen (secondary N) is 1. The van der Waals surface area contributed by atoms with E-state index in [1.165, 1.54) is 0 Å². The second kappa shape index (κ2) is 6.16. The molecule has 0 atom stereocenters. The van der Waals surface area contributed by atoms with Gasteiger partial charge in [-0.25, -0.2) is 15.0 Å². The number of hydrogen-bond acceptors (Lipinski definition) is 6. The molecule has 0 unspecified atom stereocenters. The Labute approximate surface area is 140 Å². The number of likely N-dealkylation sites (tertiary alicyclic amines) is 1. The van der Waals surface area contributed by atoms with E-state index >= 15 is 0 Å². The van der Waals surface area contributed by atoms with E-state index in [1.54, 1.807) is 6.33 Å². The molecule has 0 bridgehead atoms. The van der Waals surface area contributed by atoms with Gasteiger partial charge in [-0.05, 0) is 45.0 Å². The van der Waals surface area contributed by atoms with Crippen LogP contribution in [0.5, 0.6) is 0 Å². The molecule has 1 aliphatic rings. The average Bonchev–Trinajstić information content (AvgIpc) is 3.05. The Morgan fingerprint density at radius 1 is 1.21 bits per heavy atom. The quantitative estimate of drug-likeness (QED) is 0.765. The number of anilines is 1. The lowest BCUT2D eigenvalue weighted by atomic mass is 9.95. The van der Waals surface area contributed by atoms with Crippen molar-refractivity contribution >= 4 is 17.0 Å². The first-order valence-electron chi connectivity index (χ1n) is 8.30. The molecule has 0 amide bonds. The zero-order valence-corrected chi connectivity index (χ0v) is 13.7. The number of nitrogens with two attached hydrogens (primary N) is 1. The van der Waals surface area contributed by atoms with Crippen molar-refractivity contribution in [2.75, 3.05) is 18.8 Å². The summed E-state index contributed by atoms with van der Waals surface area (Å²) in [5.74, 6) is 1.65. The highest BCUT2D eigenvalue weighted by molar-refractivity contribution is 5.80. The lowest BCUT2D eigenvalue weighted by Crippen LogP contribution is -2.33. The van der Waals surface area contributed by atoms with E-state index < -0.39 is 0 Å². The van der Waals surface area contributed by atoms with Gasteiger partial charge < -0.3 is 10.7 Å². The molecule has 24 heavy (non-hydrogen) atoms. The molecular weight excluding hydrogens is 302 g/mol. The Balaban J connectivity index is 1.43. The predicted octanol–water partition coefficient (Wildman–Crippen LogP) is 2.02. The van der Waals surface area contributed by atoms with Crippen molar-refractivity contribution in [3.05, 3.63) is 41.7 Å². The van der Waals surface area contributed by atoms with E-state index in [0.29, 0.717) is 17.4 Å². The van der Waals surface area contributed by atoms with E-state index in [-0.39, 0.29) is 0 Å². The molecule has 7 heteroatoms. The number of pyridine rings is 1. The van der Waals surface area contributed by atoms with Gasteiger partial charge in [0.05, 0.1) is 12.0 Å². The zero-order valence-electron chi connectivity index (χ0n) is 13.7. The van der Waals surface area contributed by atoms with E-state index in [4.69, 9.17) is 5.73 Å². The molecule has 0 aromatic carbocycles. The lowest BCUT2D eigenvalue weighted by molar-refractivity contribution is 0.200. The highest BCUT2D eigenvalue weighted by atomic mass is 15.1. The highest BCUT2D eigenvalue weighted by Gasteiger charge is 2.24. The smallest absolute Gasteiger partial charge is 0.183 e. The second-order valence-corrected chi connectivity index (χ2v) is 6.39. The van der Waals surface area contributed by atoms with Crippen LogP contribution in [0, 0.1) is 6.92 Å². The van der Waals surface area contributed by atoms with Crippen LogP contribution >= 0.6 is 0 Å². The number of piperidine rings is 1. The number of nitrogen functional groups attached to an aromatic ring is 1. The van der Waals surface area contributed by atoms with Gasteiger partial charge in [-0.2, -0.15) is 0 Å². The first kappa shape index (κ1) is 15.0. The molecule has 0 radical (unpaired) electrons. The van der Waals surface area contributed by atoms with Crippen LogP contribution in [0.25, 0.3) is 11.2 Å². The zero-order chi connectivity index (χ0) is 16.5. The van der Waals surface area contributed by atoms with E-state index in [0.717, 1.165) is 55.2 Å². The second-order valence-electron chi connectivity index (χ2n) is 6.39. The van der Waals surface area contributed by atoms with Crippen molar-refractivity contribution in [3.63, 3.8) is 0 Å². The maximum absolute atomic E-state index is 6.01. The van der Waals surface area contributed by atoms with Crippen LogP contribution < -0.4 is 5.73 Å². The number of H-pyrrole nitrogens is 1. The van der Waals surface area contributed by atoms with Crippen LogP contribution in [-0.2, 0) is 6.54 Å². The first-order valence-corrected chi connectivity index (χ1v) is 8.30. The fraction of sp³-hybridized carbons (Fsp3) is 0.412. The number of hydrogen-bond donors (Lipinski definition) is 2. The summed E-state index contributed by atoms with van der Waals surface area (Å²) >= 11 is 0. The van der Waals surface area contributed by atoms with Crippen molar-refractivity contribution in [1.29, 1.82) is 0 Å². The lowest BCUT2D eigenvalue weighted by Gasteiger charge is -2.31. The van der Waals surface area contributed by atoms with Gasteiger partial charge in [0.2, 0.25) is 0 Å². The van der Waals surface area contributed by atoms with Gasteiger partial charge >= 0.3 is 0 Å². The van der Waals surface area contributed by atoms with Gasteiger partial charge in [0.15, 0.2) is 11.5 Å². The van der Waals surface area contributed by atoms with Crippen molar-refractivity contribution in [3.8, 4) is 0 Å². The number of aryl methyl sites for hydroxylation is 1. The van der Waals surface area contributed by atoms with Gasteiger partial charge in [0, 0.05) is 18.2 Å². The molecule has 1 fully saturated rings. The molecular formula is C17H21N7. The number of nitrogens with zero attached hydrogens (tertiary/aromatic N) is 5. The standard InChI is InChI=1S/C17H21N7/c1-11-3-2-4-13(21-11)9-24-7-5-12(6-8-24)16-22-15(18)14-17(23-16)20-10-19-14/h2-4,10,12H,5-9H2,1H3,(H3,18,19,20,22,23). The summed E-state index contributed by atoms with van der Waals surface area (Å²) in [7, 11) is 0. The van der Waals surface area contributed by atoms with Gasteiger partial charge in [0.1, 0.15) is 11.3 Å². The van der Waals surface area contributed by atoms with Gasteiger partial charge in [0.25, 0.3) is 0 Å². The van der Waals surface area contributed by atoms with E-state index in [9.17, 15) is 0 Å². The van der Waals surface area contributed by atoms with Crippen molar-refractivity contribution in [2.24, 2.45) is 0 Å². The molecule has 7 nitrogen and oxygen atoms in total. The van der Waals surface area contributed by atoms with Crippen LogP contribution in [0.4, 0.5) is 5.82 Å². The molecule has 1 saturated heterocycles. The molecule has 0 saturated carbocycles. The van der Waals surface area contributed by atoms with Crippen molar-refractivity contribution < 1.29 is 0 Å². The third-order valence-corrected chi connectivity index (χ3v) is 4.62. The van der Waals surface area contributed by atoms with Crippen molar-refractivity contribution in [1.82, 2.24) is 29.8 Å². The number of fused-ring (bicyclic) bond motifs is 1. The van der Waals surface area contributed by atoms with E-state index in [2.05, 4.69) is 42.0 Å². The van der Waals surface area contributed by atoms with Crippen LogP contribution in [0.2, 0.25) is 0 Å². The molecule has 0 aliphatic carbocycles. The maximum Gasteiger partial charge on any atom is 0.183 e. The number of imidazole rings is 1. The summed E-state index contributed by atoms with van der Waals surface area (Å²) in [6, 6.07) is 6.19. The Morgan fingerprint density at radius 3 is 2.83 bits per heavy atom. The molecule has 1 aliphatic heterocycles. The normalized spacial score (nSPS) is 16.7. The topological polar surface area (TPSA) is 96.6 Å². The number of rotatable bonds is 3. The third kappa shape index (κ3) is 2.94. The van der Waals surface area contributed by atoms with Gasteiger partial charge in [-0.15, -0.1) is 0 Å². The van der Waals surface area contributed by atoms with Crippen LogP contribution in [0.1, 0.15) is 36.0 Å². The maximum atomic E-state index is 6.01. The Morgan fingerprint density at radius 2 is 2.04 bits per heavy atom. The van der Waals surface area contributed by atoms with Crippen LogP contribution in [-0.4, -0.2) is 42.9 Å². The average molecular weight is 323 g/mol. The summed E-state index contributed by atoms with van der Waals surface area (Å²) in [6.45, 7) is 4.96. The van der Waals surface area contributed by atoms with E-state index in [1.807, 2.05) is 13.0 Å². The first-order chi connectivity index (χ1) is 11.7. The molecule has 4 heterocycles. The molecule has 0 spiro atoms. The van der Waals surface area contributed by atoms with Crippen LogP contribution in [0.15, 0.2) is 24.5 Å². The summed E-state index contributed by atoms with van der Waals surface area (Å²) in [5.41, 5.74) is 9.59. The molecule has 3 aromatic rings. The SMILES string of the molecule is Cc1cccc(CN2CCC(c3nc(N)c4[nH]cnc4n3)CC2)n1. The largest absolute Gasteiger partial charge is 0.382 e. The van der Waals surface area contributed by atoms with Crippen molar-refractivity contribution in [2.45, 2.75) is 32.2 Å². The van der Waals surface area contributed by atoms with Gasteiger partial charge in [-0.3, -0.25) is 9.88 Å². The van der Waals surface area contributed by atoms with Gasteiger partial charge in [-0.1, -0.05) is 6.07 Å². The minimum atomic E-state index is 0.343. The molecule has 124 valence electrons. The number of aromatic nitrogens is 5. The fourth-order valence-electron chi connectivity index (χ4n) is 3.32. The Kier molecular flexibility index (Phi) is 3.86. The Hall–Kier alpha value is -2.54. The molecule has 3 N–H and O–H groups in total. The minimum Gasteiger partial charge on any atom is -0.382 e. The minimum absolute atomic E-state index is 0.343.